The molecule has 40 heavy (non-hydrogen) atoms. The second-order valence-electron chi connectivity index (χ2n) is 11.8. The van der Waals surface area contributed by atoms with E-state index in [1.807, 2.05) is 11.0 Å². The lowest BCUT2D eigenvalue weighted by atomic mass is 9.77. The van der Waals surface area contributed by atoms with Gasteiger partial charge in [0.05, 0.1) is 17.2 Å². The van der Waals surface area contributed by atoms with Gasteiger partial charge in [-0.15, -0.1) is 0 Å². The Morgan fingerprint density at radius 2 is 1.85 bits per heavy atom. The number of fused-ring (bicyclic) bond motifs is 1. The zero-order chi connectivity index (χ0) is 29.4. The van der Waals surface area contributed by atoms with Crippen LogP contribution in [0, 0.1) is 22.7 Å². The quantitative estimate of drug-likeness (QED) is 0.307. The number of ketones is 1. The van der Waals surface area contributed by atoms with Gasteiger partial charge in [-0.05, 0) is 53.4 Å². The number of halogens is 3. The third kappa shape index (κ3) is 5.91. The predicted octanol–water partition coefficient (Wildman–Crippen LogP) is 6.67. The van der Waals surface area contributed by atoms with Crippen molar-refractivity contribution in [3.63, 3.8) is 0 Å². The molecule has 212 valence electrons. The number of hydrogen-bond donors (Lipinski definition) is 0. The van der Waals surface area contributed by atoms with Crippen molar-refractivity contribution in [2.75, 3.05) is 13.1 Å². The summed E-state index contributed by atoms with van der Waals surface area (Å²) in [5.41, 5.74) is 0.0330. The lowest BCUT2D eigenvalue weighted by molar-refractivity contribution is -0.137. The molecule has 4 rings (SSSR count). The number of carbonyl (C=O) groups is 2. The van der Waals surface area contributed by atoms with Crippen LogP contribution in [0.1, 0.15) is 85.5 Å². The van der Waals surface area contributed by atoms with Gasteiger partial charge in [-0.1, -0.05) is 39.8 Å². The van der Waals surface area contributed by atoms with Gasteiger partial charge in [0, 0.05) is 56.3 Å². The van der Waals surface area contributed by atoms with Crippen molar-refractivity contribution in [1.29, 1.82) is 5.26 Å². The number of hydrogen-bond acceptors (Lipinski definition) is 4. The number of pyridine rings is 1. The molecule has 0 bridgehead atoms. The predicted molar refractivity (Wildman–Crippen MR) is 147 cm³/mol. The van der Waals surface area contributed by atoms with Gasteiger partial charge in [0.1, 0.15) is 5.65 Å². The molecule has 0 aliphatic carbocycles. The van der Waals surface area contributed by atoms with Gasteiger partial charge in [-0.25, -0.2) is 4.98 Å². The highest BCUT2D eigenvalue weighted by Crippen LogP contribution is 2.43. The summed E-state index contributed by atoms with van der Waals surface area (Å²) in [5, 5.41) is 9.16. The van der Waals surface area contributed by atoms with Crippen LogP contribution in [-0.4, -0.2) is 39.2 Å². The zero-order valence-electron chi connectivity index (χ0n) is 23.6. The Hall–Kier alpha value is -3.67. The van der Waals surface area contributed by atoms with Crippen molar-refractivity contribution in [2.24, 2.45) is 18.4 Å². The molecule has 3 heterocycles. The monoisotopic (exact) mass is 552 g/mol. The van der Waals surface area contributed by atoms with Gasteiger partial charge in [0.2, 0.25) is 5.91 Å². The van der Waals surface area contributed by atoms with Gasteiger partial charge >= 0.3 is 6.18 Å². The van der Waals surface area contributed by atoms with Crippen LogP contribution in [0.15, 0.2) is 36.7 Å². The molecule has 1 aliphatic heterocycles. The number of Topliss-reactive ketones (excluding diaryl/α,β-unsaturated/α-hetero) is 1. The first-order chi connectivity index (χ1) is 18.7. The molecule has 0 unspecified atom stereocenters. The Morgan fingerprint density at radius 1 is 1.18 bits per heavy atom. The van der Waals surface area contributed by atoms with Crippen molar-refractivity contribution >= 4 is 22.7 Å². The first kappa shape index (κ1) is 29.3. The molecule has 6 nitrogen and oxygen atoms in total. The minimum Gasteiger partial charge on any atom is -0.343 e. The van der Waals surface area contributed by atoms with Gasteiger partial charge in [-0.2, -0.15) is 18.4 Å². The summed E-state index contributed by atoms with van der Waals surface area (Å²) in [5.74, 6) is -0.271. The first-order valence-corrected chi connectivity index (χ1v) is 13.6. The average molecular weight is 553 g/mol. The third-order valence-electron chi connectivity index (χ3n) is 8.50. The fourth-order valence-electron chi connectivity index (χ4n) is 5.37. The van der Waals surface area contributed by atoms with E-state index in [-0.39, 0.29) is 45.0 Å². The van der Waals surface area contributed by atoms with Crippen LogP contribution in [0.5, 0.6) is 0 Å². The number of likely N-dealkylation sites (tertiary alicyclic amines) is 1. The van der Waals surface area contributed by atoms with E-state index in [4.69, 9.17) is 5.26 Å². The summed E-state index contributed by atoms with van der Waals surface area (Å²) < 4.78 is 45.6. The number of amides is 1. The molecule has 1 aromatic carbocycles. The van der Waals surface area contributed by atoms with Crippen LogP contribution in [0.25, 0.3) is 11.0 Å². The number of nitrogens with zero attached hydrogens (tertiary/aromatic N) is 4. The van der Waals surface area contributed by atoms with Gasteiger partial charge in [-0.3, -0.25) is 9.59 Å². The summed E-state index contributed by atoms with van der Waals surface area (Å²) in [6.07, 6.45) is -0.819. The third-order valence-corrected chi connectivity index (χ3v) is 8.50. The van der Waals surface area contributed by atoms with Crippen LogP contribution >= 0.6 is 0 Å². The van der Waals surface area contributed by atoms with Crippen molar-refractivity contribution in [3.05, 3.63) is 64.5 Å². The number of alkyl halides is 3. The van der Waals surface area contributed by atoms with Crippen LogP contribution in [0.2, 0.25) is 0 Å². The number of rotatable bonds is 7. The van der Waals surface area contributed by atoms with Gasteiger partial charge in [0.15, 0.2) is 5.78 Å². The van der Waals surface area contributed by atoms with E-state index in [2.05, 4.69) is 32.7 Å². The molecule has 2 aromatic heterocycles. The normalized spacial score (nSPS) is 15.1. The Kier molecular flexibility index (Phi) is 8.11. The Labute approximate surface area is 232 Å². The molecule has 0 N–H and O–H groups in total. The van der Waals surface area contributed by atoms with E-state index >= 15 is 0 Å². The summed E-state index contributed by atoms with van der Waals surface area (Å²) in [6, 6.07) is 7.89. The maximum absolute atomic E-state index is 14.7. The van der Waals surface area contributed by atoms with E-state index in [0.29, 0.717) is 43.8 Å². The fourth-order valence-corrected chi connectivity index (χ4v) is 5.37. The molecule has 0 spiro atoms. The highest BCUT2D eigenvalue weighted by atomic mass is 19.4. The van der Waals surface area contributed by atoms with E-state index < -0.39 is 23.9 Å². The summed E-state index contributed by atoms with van der Waals surface area (Å²) in [6.45, 7) is 9.31. The number of piperidine rings is 1. The zero-order valence-corrected chi connectivity index (χ0v) is 23.6. The van der Waals surface area contributed by atoms with Crippen molar-refractivity contribution in [3.8, 4) is 6.07 Å². The molecule has 1 aliphatic rings. The topological polar surface area (TPSA) is 79.0 Å². The van der Waals surface area contributed by atoms with Crippen LogP contribution in [0.4, 0.5) is 13.2 Å². The van der Waals surface area contributed by atoms with Crippen molar-refractivity contribution < 1.29 is 22.8 Å². The minimum absolute atomic E-state index is 0.0248. The standard InChI is InChI=1S/C31H35F3N4O2/c1-19(2)30(3,4)15-26(40)38-11-9-21(10-12-38)24-18-37(5)29-27(24)28(31(32,33)34)23(17-36-29)14-25(39)22-8-6-7-20(13-22)16-35/h6-8,13,17-19,21H,9-12,14-15H2,1-5H3. The number of benzene rings is 1. The second kappa shape index (κ2) is 11.1. The van der Waals surface area contributed by atoms with Gasteiger partial charge in [0.25, 0.3) is 0 Å². The van der Waals surface area contributed by atoms with Crippen LogP contribution in [0.3, 0.4) is 0 Å². The molecular weight excluding hydrogens is 517 g/mol. The molecular formula is C31H35F3N4O2. The molecule has 9 heteroatoms. The average Bonchev–Trinajstić information content (AvgIpc) is 3.23. The first-order valence-electron chi connectivity index (χ1n) is 13.6. The molecule has 1 amide bonds. The SMILES string of the molecule is CC(C)C(C)(C)CC(=O)N1CCC(c2cn(C)c3ncc(CC(=O)c4cccc(C#N)c4)c(C(F)(F)F)c23)CC1. The second-order valence-corrected chi connectivity index (χ2v) is 11.8. The fraction of sp³-hybridized carbons (Fsp3) is 0.484. The Balaban J connectivity index is 1.65. The number of nitriles is 1. The number of carbonyl (C=O) groups excluding carboxylic acids is 2. The smallest absolute Gasteiger partial charge is 0.343 e. The van der Waals surface area contributed by atoms with E-state index in [0.717, 1.165) is 6.20 Å². The Bertz CT molecular complexity index is 1470. The van der Waals surface area contributed by atoms with Crippen LogP contribution < -0.4 is 0 Å². The number of aromatic nitrogens is 2. The molecule has 3 aromatic rings. The lowest BCUT2D eigenvalue weighted by Gasteiger charge is -2.36. The van der Waals surface area contributed by atoms with E-state index in [9.17, 15) is 22.8 Å². The summed E-state index contributed by atoms with van der Waals surface area (Å²) >= 11 is 0. The molecule has 0 atom stereocenters. The van der Waals surface area contributed by atoms with E-state index in [1.54, 1.807) is 17.8 Å². The molecule has 0 radical (unpaired) electrons. The Morgan fingerprint density at radius 3 is 2.45 bits per heavy atom. The van der Waals surface area contributed by atoms with Gasteiger partial charge < -0.3 is 9.47 Å². The minimum atomic E-state index is -4.71. The molecule has 0 saturated carbocycles. The van der Waals surface area contributed by atoms with Crippen molar-refractivity contribution in [2.45, 2.75) is 65.5 Å². The summed E-state index contributed by atoms with van der Waals surface area (Å²) in [7, 11) is 1.67. The largest absolute Gasteiger partial charge is 0.417 e. The highest BCUT2D eigenvalue weighted by molar-refractivity contribution is 5.99. The molecule has 1 fully saturated rings. The van der Waals surface area contributed by atoms with Crippen LogP contribution in [-0.2, 0) is 24.4 Å². The maximum Gasteiger partial charge on any atom is 0.417 e. The molecule has 1 saturated heterocycles. The maximum atomic E-state index is 14.7. The van der Waals surface area contributed by atoms with Crippen molar-refractivity contribution in [1.82, 2.24) is 14.5 Å². The highest BCUT2D eigenvalue weighted by Gasteiger charge is 2.39. The van der Waals surface area contributed by atoms with E-state index in [1.165, 1.54) is 24.3 Å². The summed E-state index contributed by atoms with van der Waals surface area (Å²) in [4.78, 5) is 32.1. The lowest BCUT2D eigenvalue weighted by Crippen LogP contribution is -2.40. The number of aryl methyl sites for hydroxylation is 1.